The Balaban J connectivity index is 2.19. The highest BCUT2D eigenvalue weighted by Crippen LogP contribution is 2.28. The number of nitro groups is 1. The van der Waals surface area contributed by atoms with Crippen LogP contribution in [0.1, 0.15) is 6.92 Å². The van der Waals surface area contributed by atoms with Gasteiger partial charge in [0, 0.05) is 34.8 Å². The van der Waals surface area contributed by atoms with Crippen molar-refractivity contribution in [3.05, 3.63) is 31.9 Å². The first-order valence-corrected chi connectivity index (χ1v) is 7.13. The number of ether oxygens (including phenoxy) is 1. The second-order valence-corrected chi connectivity index (χ2v) is 5.77. The van der Waals surface area contributed by atoms with Gasteiger partial charge in [-0.3, -0.25) is 10.1 Å². The number of nitrogens with two attached hydrogens (primary N) is 1. The van der Waals surface area contributed by atoms with E-state index in [4.69, 9.17) is 10.5 Å². The van der Waals surface area contributed by atoms with Gasteiger partial charge in [-0.15, -0.1) is 0 Å². The fourth-order valence-corrected chi connectivity index (χ4v) is 2.92. The van der Waals surface area contributed by atoms with Crippen LogP contribution >= 0.6 is 22.6 Å². The lowest BCUT2D eigenvalue weighted by Crippen LogP contribution is -2.49. The van der Waals surface area contributed by atoms with Crippen molar-refractivity contribution < 1.29 is 9.66 Å². The van der Waals surface area contributed by atoms with E-state index in [9.17, 15) is 10.1 Å². The number of rotatable bonds is 3. The van der Waals surface area contributed by atoms with Crippen LogP contribution in [0, 0.1) is 13.7 Å². The van der Waals surface area contributed by atoms with Crippen LogP contribution in [-0.2, 0) is 4.74 Å². The molecule has 1 aliphatic heterocycles. The summed E-state index contributed by atoms with van der Waals surface area (Å²) in [5, 5.41) is 10.7. The minimum atomic E-state index is -0.379. The molecule has 104 valence electrons. The molecule has 1 aliphatic rings. The van der Waals surface area contributed by atoms with Gasteiger partial charge in [0.25, 0.3) is 5.69 Å². The number of morpholine rings is 1. The Bertz CT molecular complexity index is 481. The smallest absolute Gasteiger partial charge is 0.270 e. The SMILES string of the molecule is CC(N)C1CN(c2ccc([N+](=O)[O-])cc2I)CCO1. The van der Waals surface area contributed by atoms with Crippen molar-refractivity contribution in [1.82, 2.24) is 0 Å². The average Bonchev–Trinajstić information content (AvgIpc) is 2.38. The van der Waals surface area contributed by atoms with E-state index in [1.165, 1.54) is 6.07 Å². The highest BCUT2D eigenvalue weighted by atomic mass is 127. The molecule has 0 bridgehead atoms. The Morgan fingerprint density at radius 3 is 2.95 bits per heavy atom. The summed E-state index contributed by atoms with van der Waals surface area (Å²) in [6, 6.07) is 4.89. The van der Waals surface area contributed by atoms with E-state index in [1.807, 2.05) is 6.92 Å². The summed E-state index contributed by atoms with van der Waals surface area (Å²) in [5.74, 6) is 0. The quantitative estimate of drug-likeness (QED) is 0.493. The van der Waals surface area contributed by atoms with Crippen LogP contribution in [0.25, 0.3) is 0 Å². The van der Waals surface area contributed by atoms with Gasteiger partial charge < -0.3 is 15.4 Å². The van der Waals surface area contributed by atoms with E-state index in [-0.39, 0.29) is 22.8 Å². The number of benzene rings is 1. The van der Waals surface area contributed by atoms with Gasteiger partial charge in [-0.2, -0.15) is 0 Å². The number of hydrogen-bond donors (Lipinski definition) is 1. The molecule has 1 fully saturated rings. The minimum absolute atomic E-state index is 0.000239. The molecule has 7 heteroatoms. The van der Waals surface area contributed by atoms with Gasteiger partial charge in [-0.1, -0.05) is 0 Å². The third-order valence-electron chi connectivity index (χ3n) is 3.16. The number of nitro benzene ring substituents is 1. The predicted molar refractivity (Wildman–Crippen MR) is 81.4 cm³/mol. The summed E-state index contributed by atoms with van der Waals surface area (Å²) < 4.78 is 6.49. The van der Waals surface area contributed by atoms with E-state index in [2.05, 4.69) is 27.5 Å². The highest BCUT2D eigenvalue weighted by molar-refractivity contribution is 14.1. The van der Waals surface area contributed by atoms with Crippen LogP contribution in [0.4, 0.5) is 11.4 Å². The molecule has 2 atom stereocenters. The fourth-order valence-electron chi connectivity index (χ4n) is 2.08. The number of halogens is 1. The second kappa shape index (κ2) is 6.02. The van der Waals surface area contributed by atoms with Crippen molar-refractivity contribution in [2.24, 2.45) is 5.73 Å². The Morgan fingerprint density at radius 1 is 1.63 bits per heavy atom. The van der Waals surface area contributed by atoms with Crippen molar-refractivity contribution in [3.63, 3.8) is 0 Å². The van der Waals surface area contributed by atoms with Crippen molar-refractivity contribution in [2.45, 2.75) is 19.1 Å². The van der Waals surface area contributed by atoms with E-state index < -0.39 is 0 Å². The molecule has 0 saturated carbocycles. The zero-order valence-electron chi connectivity index (χ0n) is 10.6. The molecular weight excluding hydrogens is 361 g/mol. The standard InChI is InChI=1S/C12H16IN3O3/c1-8(14)12-7-15(4-5-19-12)11-3-2-9(16(17)18)6-10(11)13/h2-3,6,8,12H,4-5,7,14H2,1H3. The Hall–Kier alpha value is -0.930. The number of anilines is 1. The minimum Gasteiger partial charge on any atom is -0.373 e. The molecule has 0 aliphatic carbocycles. The average molecular weight is 377 g/mol. The molecule has 1 aromatic rings. The van der Waals surface area contributed by atoms with Crippen LogP contribution in [0.2, 0.25) is 0 Å². The molecule has 0 spiro atoms. The van der Waals surface area contributed by atoms with Crippen LogP contribution in [0.15, 0.2) is 18.2 Å². The third kappa shape index (κ3) is 3.34. The summed E-state index contributed by atoms with van der Waals surface area (Å²) in [5.41, 5.74) is 6.98. The molecule has 2 rings (SSSR count). The maximum Gasteiger partial charge on any atom is 0.270 e. The lowest BCUT2D eigenvalue weighted by atomic mass is 10.1. The summed E-state index contributed by atoms with van der Waals surface area (Å²) in [4.78, 5) is 12.5. The Morgan fingerprint density at radius 2 is 2.37 bits per heavy atom. The maximum absolute atomic E-state index is 10.7. The lowest BCUT2D eigenvalue weighted by molar-refractivity contribution is -0.384. The summed E-state index contributed by atoms with van der Waals surface area (Å²) in [6.07, 6.45) is -0.000239. The first-order valence-electron chi connectivity index (χ1n) is 6.05. The topological polar surface area (TPSA) is 81.6 Å². The Kier molecular flexibility index (Phi) is 4.58. The van der Waals surface area contributed by atoms with E-state index in [1.54, 1.807) is 12.1 Å². The molecule has 2 N–H and O–H groups in total. The Labute approximate surface area is 125 Å². The van der Waals surface area contributed by atoms with Gasteiger partial charge >= 0.3 is 0 Å². The molecule has 6 nitrogen and oxygen atoms in total. The number of non-ortho nitro benzene ring substituents is 1. The van der Waals surface area contributed by atoms with Crippen molar-refractivity contribution >= 4 is 34.0 Å². The van der Waals surface area contributed by atoms with Gasteiger partial charge in [0.1, 0.15) is 0 Å². The molecule has 0 aromatic heterocycles. The molecule has 1 saturated heterocycles. The number of hydrogen-bond acceptors (Lipinski definition) is 5. The van der Waals surface area contributed by atoms with Gasteiger partial charge in [0.05, 0.1) is 23.3 Å². The first-order chi connectivity index (χ1) is 8.99. The molecule has 1 aromatic carbocycles. The molecule has 2 unspecified atom stereocenters. The van der Waals surface area contributed by atoms with E-state index in [0.717, 1.165) is 15.8 Å². The molecule has 0 radical (unpaired) electrons. The zero-order valence-corrected chi connectivity index (χ0v) is 12.7. The first kappa shape index (κ1) is 14.5. The van der Waals surface area contributed by atoms with Crippen molar-refractivity contribution in [3.8, 4) is 0 Å². The van der Waals surface area contributed by atoms with Crippen molar-refractivity contribution in [2.75, 3.05) is 24.6 Å². The molecule has 1 heterocycles. The van der Waals surface area contributed by atoms with Crippen molar-refractivity contribution in [1.29, 1.82) is 0 Å². The second-order valence-electron chi connectivity index (χ2n) is 4.61. The third-order valence-corrected chi connectivity index (χ3v) is 4.03. The molecular formula is C12H16IN3O3. The van der Waals surface area contributed by atoms with E-state index >= 15 is 0 Å². The fraction of sp³-hybridized carbons (Fsp3) is 0.500. The lowest BCUT2D eigenvalue weighted by Gasteiger charge is -2.36. The molecule has 19 heavy (non-hydrogen) atoms. The van der Waals surface area contributed by atoms with Crippen LogP contribution in [-0.4, -0.2) is 36.8 Å². The highest BCUT2D eigenvalue weighted by Gasteiger charge is 2.25. The maximum atomic E-state index is 10.7. The van der Waals surface area contributed by atoms with Crippen LogP contribution < -0.4 is 10.6 Å². The normalized spacial score (nSPS) is 21.2. The van der Waals surface area contributed by atoms with Crippen LogP contribution in [0.3, 0.4) is 0 Å². The number of nitrogens with zero attached hydrogens (tertiary/aromatic N) is 2. The summed E-state index contributed by atoms with van der Waals surface area (Å²) >= 11 is 2.13. The predicted octanol–water partition coefficient (Wildman–Crippen LogP) is 1.75. The zero-order chi connectivity index (χ0) is 14.0. The summed E-state index contributed by atoms with van der Waals surface area (Å²) in [7, 11) is 0. The van der Waals surface area contributed by atoms with Gasteiger partial charge in [0.2, 0.25) is 0 Å². The van der Waals surface area contributed by atoms with Gasteiger partial charge in [-0.05, 0) is 35.6 Å². The van der Waals surface area contributed by atoms with E-state index in [0.29, 0.717) is 13.2 Å². The summed E-state index contributed by atoms with van der Waals surface area (Å²) in [6.45, 7) is 4.04. The molecule has 0 amide bonds. The van der Waals surface area contributed by atoms with Gasteiger partial charge in [-0.25, -0.2) is 0 Å². The van der Waals surface area contributed by atoms with Crippen LogP contribution in [0.5, 0.6) is 0 Å². The van der Waals surface area contributed by atoms with Gasteiger partial charge in [0.15, 0.2) is 0 Å². The largest absolute Gasteiger partial charge is 0.373 e. The monoisotopic (exact) mass is 377 g/mol.